The molecule has 4 aromatic carbocycles. The molecule has 0 bridgehead atoms. The van der Waals surface area contributed by atoms with Crippen LogP contribution in [0.15, 0.2) is 110 Å². The standard InChI is InChI=1S/C22H17N.C2H4/c1-2-8-21(9-3-1)23-22-14-12-18(13-15-22)20-11-10-17-6-4-5-7-19(17)16-20;1-2/h1-16,23H;1-2H2. The molecule has 122 valence electrons. The molecule has 0 aromatic heterocycles. The van der Waals surface area contributed by atoms with Crippen molar-refractivity contribution in [2.24, 2.45) is 0 Å². The molecule has 1 N–H and O–H groups in total. The second-order valence-corrected chi connectivity index (χ2v) is 5.63. The Kier molecular flexibility index (Phi) is 5.28. The normalized spacial score (nSPS) is 9.92. The topological polar surface area (TPSA) is 12.0 Å². The zero-order valence-corrected chi connectivity index (χ0v) is 14.2. The van der Waals surface area contributed by atoms with Gasteiger partial charge in [-0.1, -0.05) is 66.7 Å². The number of hydrogen-bond donors (Lipinski definition) is 1. The van der Waals surface area contributed by atoms with Gasteiger partial charge in [0.1, 0.15) is 0 Å². The largest absolute Gasteiger partial charge is 0.356 e. The fraction of sp³-hybridized carbons (Fsp3) is 0. The first kappa shape index (κ1) is 16.5. The molecule has 0 unspecified atom stereocenters. The van der Waals surface area contributed by atoms with E-state index in [-0.39, 0.29) is 0 Å². The van der Waals surface area contributed by atoms with Gasteiger partial charge in [-0.05, 0) is 52.2 Å². The zero-order chi connectivity index (χ0) is 17.5. The smallest absolute Gasteiger partial charge is 0.0384 e. The summed E-state index contributed by atoms with van der Waals surface area (Å²) in [7, 11) is 0. The molecule has 0 heterocycles. The summed E-state index contributed by atoms with van der Waals surface area (Å²) in [5.74, 6) is 0. The summed E-state index contributed by atoms with van der Waals surface area (Å²) in [6.07, 6.45) is 0. The lowest BCUT2D eigenvalue weighted by molar-refractivity contribution is 1.54. The van der Waals surface area contributed by atoms with Crippen LogP contribution in [0.3, 0.4) is 0 Å². The van der Waals surface area contributed by atoms with Gasteiger partial charge in [0.15, 0.2) is 0 Å². The van der Waals surface area contributed by atoms with Gasteiger partial charge in [0.25, 0.3) is 0 Å². The number of anilines is 2. The van der Waals surface area contributed by atoms with Crippen molar-refractivity contribution in [2.45, 2.75) is 0 Å². The molecule has 4 aromatic rings. The first-order chi connectivity index (χ1) is 12.4. The van der Waals surface area contributed by atoms with Crippen molar-refractivity contribution >= 4 is 22.1 Å². The van der Waals surface area contributed by atoms with Gasteiger partial charge in [-0.3, -0.25) is 0 Å². The predicted octanol–water partition coefficient (Wildman–Crippen LogP) is 7.05. The minimum absolute atomic E-state index is 1.10. The van der Waals surface area contributed by atoms with Crippen LogP contribution in [0.25, 0.3) is 21.9 Å². The fourth-order valence-electron chi connectivity index (χ4n) is 2.80. The van der Waals surface area contributed by atoms with Gasteiger partial charge in [0.05, 0.1) is 0 Å². The molecule has 4 rings (SSSR count). The van der Waals surface area contributed by atoms with E-state index in [0.29, 0.717) is 0 Å². The van der Waals surface area contributed by atoms with Gasteiger partial charge in [0, 0.05) is 11.4 Å². The third kappa shape index (κ3) is 3.96. The van der Waals surface area contributed by atoms with Crippen molar-refractivity contribution in [3.8, 4) is 11.1 Å². The summed E-state index contributed by atoms with van der Waals surface area (Å²) in [5.41, 5.74) is 4.68. The highest BCUT2D eigenvalue weighted by atomic mass is 14.9. The van der Waals surface area contributed by atoms with E-state index in [2.05, 4.69) is 97.3 Å². The maximum absolute atomic E-state index is 3.41. The van der Waals surface area contributed by atoms with Gasteiger partial charge >= 0.3 is 0 Å². The second kappa shape index (κ2) is 7.98. The number of nitrogens with one attached hydrogen (secondary N) is 1. The van der Waals surface area contributed by atoms with E-state index >= 15 is 0 Å². The summed E-state index contributed by atoms with van der Waals surface area (Å²) < 4.78 is 0. The molecule has 25 heavy (non-hydrogen) atoms. The highest BCUT2D eigenvalue weighted by molar-refractivity contribution is 5.87. The first-order valence-electron chi connectivity index (χ1n) is 8.30. The predicted molar refractivity (Wildman–Crippen MR) is 110 cm³/mol. The van der Waals surface area contributed by atoms with Crippen molar-refractivity contribution in [2.75, 3.05) is 5.32 Å². The molecule has 0 aliphatic carbocycles. The first-order valence-corrected chi connectivity index (χ1v) is 8.30. The highest BCUT2D eigenvalue weighted by Gasteiger charge is 2.00. The summed E-state index contributed by atoms with van der Waals surface area (Å²) >= 11 is 0. The van der Waals surface area contributed by atoms with Crippen molar-refractivity contribution in [3.63, 3.8) is 0 Å². The molecule has 0 atom stereocenters. The lowest BCUT2D eigenvalue weighted by Gasteiger charge is -2.08. The summed E-state index contributed by atoms with van der Waals surface area (Å²) in [6.45, 7) is 6.00. The molecule has 0 aliphatic rings. The lowest BCUT2D eigenvalue weighted by atomic mass is 10.0. The molecule has 0 aliphatic heterocycles. The van der Waals surface area contributed by atoms with Gasteiger partial charge in [-0.25, -0.2) is 0 Å². The van der Waals surface area contributed by atoms with E-state index in [1.165, 1.54) is 21.9 Å². The minimum atomic E-state index is 1.10. The fourth-order valence-corrected chi connectivity index (χ4v) is 2.80. The Bertz CT molecular complexity index is 940. The van der Waals surface area contributed by atoms with Crippen molar-refractivity contribution in [3.05, 3.63) is 110 Å². The molecule has 0 spiro atoms. The summed E-state index contributed by atoms with van der Waals surface area (Å²) in [6, 6.07) is 33.9. The summed E-state index contributed by atoms with van der Waals surface area (Å²) in [5, 5.41) is 5.96. The Morgan fingerprint density at radius 3 is 1.76 bits per heavy atom. The Hall–Kier alpha value is -3.32. The molecule has 0 saturated heterocycles. The van der Waals surface area contributed by atoms with Gasteiger partial charge in [-0.2, -0.15) is 0 Å². The van der Waals surface area contributed by atoms with Crippen LogP contribution in [0.2, 0.25) is 0 Å². The average Bonchev–Trinajstić information content (AvgIpc) is 2.70. The van der Waals surface area contributed by atoms with E-state index in [1.54, 1.807) is 0 Å². The zero-order valence-electron chi connectivity index (χ0n) is 14.2. The third-order valence-electron chi connectivity index (χ3n) is 4.03. The van der Waals surface area contributed by atoms with E-state index in [9.17, 15) is 0 Å². The number of fused-ring (bicyclic) bond motifs is 1. The maximum Gasteiger partial charge on any atom is 0.0384 e. The second-order valence-electron chi connectivity index (χ2n) is 5.63. The molecule has 1 heteroatoms. The van der Waals surface area contributed by atoms with Crippen LogP contribution >= 0.6 is 0 Å². The highest BCUT2D eigenvalue weighted by Crippen LogP contribution is 2.26. The van der Waals surface area contributed by atoms with Crippen LogP contribution in [0.1, 0.15) is 0 Å². The van der Waals surface area contributed by atoms with Gasteiger partial charge in [-0.15, -0.1) is 13.2 Å². The van der Waals surface area contributed by atoms with E-state index in [4.69, 9.17) is 0 Å². The Morgan fingerprint density at radius 2 is 1.04 bits per heavy atom. The lowest BCUT2D eigenvalue weighted by Crippen LogP contribution is -1.89. The molecular formula is C24H21N. The molecule has 0 amide bonds. The molecule has 0 radical (unpaired) electrons. The third-order valence-corrected chi connectivity index (χ3v) is 4.03. The SMILES string of the molecule is C=C.c1ccc(Nc2ccc(-c3ccc4ccccc4c3)cc2)cc1. The van der Waals surface area contributed by atoms with Crippen molar-refractivity contribution in [1.82, 2.24) is 0 Å². The molecule has 0 saturated carbocycles. The Balaban J connectivity index is 0.000000880. The van der Waals surface area contributed by atoms with E-state index in [1.807, 2.05) is 18.2 Å². The Morgan fingerprint density at radius 1 is 0.480 bits per heavy atom. The number of benzene rings is 4. The van der Waals surface area contributed by atoms with Crippen LogP contribution in [-0.4, -0.2) is 0 Å². The Labute approximate surface area is 149 Å². The molecule has 1 nitrogen and oxygen atoms in total. The summed E-state index contributed by atoms with van der Waals surface area (Å²) in [4.78, 5) is 0. The molecular weight excluding hydrogens is 302 g/mol. The van der Waals surface area contributed by atoms with Crippen molar-refractivity contribution in [1.29, 1.82) is 0 Å². The maximum atomic E-state index is 3.41. The monoisotopic (exact) mass is 323 g/mol. The van der Waals surface area contributed by atoms with Crippen LogP contribution in [0.4, 0.5) is 11.4 Å². The van der Waals surface area contributed by atoms with E-state index in [0.717, 1.165) is 11.4 Å². The van der Waals surface area contributed by atoms with E-state index < -0.39 is 0 Å². The van der Waals surface area contributed by atoms with Crippen LogP contribution in [-0.2, 0) is 0 Å². The quantitative estimate of drug-likeness (QED) is 0.398. The van der Waals surface area contributed by atoms with Crippen molar-refractivity contribution < 1.29 is 0 Å². The van der Waals surface area contributed by atoms with Crippen LogP contribution < -0.4 is 5.32 Å². The van der Waals surface area contributed by atoms with Crippen LogP contribution in [0, 0.1) is 0 Å². The van der Waals surface area contributed by atoms with Gasteiger partial charge < -0.3 is 5.32 Å². The number of rotatable bonds is 3. The average molecular weight is 323 g/mol. The minimum Gasteiger partial charge on any atom is -0.356 e. The molecule has 0 fully saturated rings. The number of para-hydroxylation sites is 1. The number of hydrogen-bond acceptors (Lipinski definition) is 1. The van der Waals surface area contributed by atoms with Gasteiger partial charge in [0.2, 0.25) is 0 Å². The van der Waals surface area contributed by atoms with Crippen LogP contribution in [0.5, 0.6) is 0 Å².